The third kappa shape index (κ3) is 5.51. The third-order valence-corrected chi connectivity index (χ3v) is 5.29. The van der Waals surface area contributed by atoms with Crippen LogP contribution in [0.3, 0.4) is 0 Å². The first-order chi connectivity index (χ1) is 15.2. The molecule has 7 heteroatoms. The van der Waals surface area contributed by atoms with E-state index < -0.39 is 0 Å². The Balaban J connectivity index is 1.28. The van der Waals surface area contributed by atoms with E-state index in [2.05, 4.69) is 10.3 Å². The predicted molar refractivity (Wildman–Crippen MR) is 114 cm³/mol. The number of furan rings is 1. The van der Waals surface area contributed by atoms with E-state index in [1.165, 1.54) is 6.26 Å². The highest BCUT2D eigenvalue weighted by Crippen LogP contribution is 2.20. The number of amides is 2. The number of piperidine rings is 1. The van der Waals surface area contributed by atoms with Crippen molar-refractivity contribution in [2.45, 2.75) is 26.0 Å². The Morgan fingerprint density at radius 1 is 1.16 bits per heavy atom. The van der Waals surface area contributed by atoms with Crippen LogP contribution in [0.5, 0.6) is 5.75 Å². The lowest BCUT2D eigenvalue weighted by Crippen LogP contribution is -2.45. The molecule has 0 saturated carbocycles. The van der Waals surface area contributed by atoms with Gasteiger partial charge in [0, 0.05) is 25.8 Å². The highest BCUT2D eigenvalue weighted by atomic mass is 16.5. The van der Waals surface area contributed by atoms with Gasteiger partial charge in [-0.1, -0.05) is 18.2 Å². The minimum Gasteiger partial charge on any atom is -0.487 e. The number of nitrogens with zero attached hydrogens (tertiary/aromatic N) is 2. The van der Waals surface area contributed by atoms with Crippen molar-refractivity contribution in [2.24, 2.45) is 5.92 Å². The zero-order valence-electron chi connectivity index (χ0n) is 17.2. The molecule has 1 saturated heterocycles. The molecule has 1 aliphatic rings. The second-order valence-corrected chi connectivity index (χ2v) is 7.54. The number of pyridine rings is 1. The molecule has 160 valence electrons. The molecule has 2 aromatic heterocycles. The molecule has 1 unspecified atom stereocenters. The summed E-state index contributed by atoms with van der Waals surface area (Å²) in [5.74, 6) is 0.599. The van der Waals surface area contributed by atoms with Crippen molar-refractivity contribution in [3.8, 4) is 5.75 Å². The van der Waals surface area contributed by atoms with Gasteiger partial charge >= 0.3 is 0 Å². The van der Waals surface area contributed by atoms with Crippen LogP contribution in [0, 0.1) is 5.92 Å². The van der Waals surface area contributed by atoms with Crippen LogP contribution < -0.4 is 10.1 Å². The Morgan fingerprint density at radius 2 is 2.10 bits per heavy atom. The molecule has 1 aliphatic heterocycles. The zero-order chi connectivity index (χ0) is 21.5. The number of carbonyl (C=O) groups excluding carboxylic acids is 2. The summed E-state index contributed by atoms with van der Waals surface area (Å²) in [4.78, 5) is 31.1. The summed E-state index contributed by atoms with van der Waals surface area (Å²) in [5.41, 5.74) is 1.80. The molecule has 0 spiro atoms. The van der Waals surface area contributed by atoms with E-state index in [-0.39, 0.29) is 17.7 Å². The fourth-order valence-electron chi connectivity index (χ4n) is 3.65. The molecule has 1 N–H and O–H groups in total. The number of ether oxygens (including phenoxy) is 1. The van der Waals surface area contributed by atoms with Crippen molar-refractivity contribution in [3.05, 3.63) is 84.1 Å². The fraction of sp³-hybridized carbons (Fsp3) is 0.292. The summed E-state index contributed by atoms with van der Waals surface area (Å²) in [5, 5.41) is 3.00. The molecule has 7 nitrogen and oxygen atoms in total. The maximum absolute atomic E-state index is 12.7. The van der Waals surface area contributed by atoms with Crippen LogP contribution in [0.25, 0.3) is 0 Å². The molecular formula is C24H25N3O4. The highest BCUT2D eigenvalue weighted by molar-refractivity contribution is 5.92. The standard InChI is InChI=1S/C24H25N3O4/c28-23(19-7-4-12-27(16-19)24(29)22-10-5-13-30-22)26-15-18-6-3-9-21(14-18)31-17-20-8-1-2-11-25-20/h1-3,5-6,8-11,13-14,19H,4,7,12,15-17H2,(H,26,28). The molecule has 3 aromatic rings. The first-order valence-corrected chi connectivity index (χ1v) is 10.4. The van der Waals surface area contributed by atoms with Crippen LogP contribution in [0.15, 0.2) is 71.5 Å². The van der Waals surface area contributed by atoms with Crippen molar-refractivity contribution >= 4 is 11.8 Å². The Bertz CT molecular complexity index is 1000. The summed E-state index contributed by atoms with van der Waals surface area (Å²) >= 11 is 0. The minimum atomic E-state index is -0.226. The first-order valence-electron chi connectivity index (χ1n) is 10.4. The number of likely N-dealkylation sites (tertiary alicyclic amines) is 1. The Hall–Kier alpha value is -3.61. The van der Waals surface area contributed by atoms with Gasteiger partial charge in [-0.2, -0.15) is 0 Å². The van der Waals surface area contributed by atoms with Crippen molar-refractivity contribution in [1.29, 1.82) is 0 Å². The van der Waals surface area contributed by atoms with E-state index in [0.29, 0.717) is 32.0 Å². The van der Waals surface area contributed by atoms with E-state index in [0.717, 1.165) is 29.8 Å². The van der Waals surface area contributed by atoms with Crippen molar-refractivity contribution in [2.75, 3.05) is 13.1 Å². The van der Waals surface area contributed by atoms with Crippen molar-refractivity contribution in [1.82, 2.24) is 15.2 Å². The van der Waals surface area contributed by atoms with Gasteiger partial charge in [-0.05, 0) is 54.8 Å². The number of hydrogen-bond donors (Lipinski definition) is 1. The number of hydrogen-bond acceptors (Lipinski definition) is 5. The fourth-order valence-corrected chi connectivity index (χ4v) is 3.65. The molecule has 0 bridgehead atoms. The molecule has 1 fully saturated rings. The smallest absolute Gasteiger partial charge is 0.289 e. The molecule has 1 aromatic carbocycles. The van der Waals surface area contributed by atoms with Gasteiger partial charge in [-0.25, -0.2) is 0 Å². The van der Waals surface area contributed by atoms with Gasteiger partial charge in [0.1, 0.15) is 12.4 Å². The number of nitrogens with one attached hydrogen (secondary N) is 1. The van der Waals surface area contributed by atoms with Crippen LogP contribution in [0.2, 0.25) is 0 Å². The van der Waals surface area contributed by atoms with Crippen LogP contribution in [0.4, 0.5) is 0 Å². The highest BCUT2D eigenvalue weighted by Gasteiger charge is 2.29. The summed E-state index contributed by atoms with van der Waals surface area (Å²) in [7, 11) is 0. The number of rotatable bonds is 7. The second-order valence-electron chi connectivity index (χ2n) is 7.54. The van der Waals surface area contributed by atoms with Gasteiger partial charge in [0.05, 0.1) is 17.9 Å². The lowest BCUT2D eigenvalue weighted by atomic mass is 9.96. The van der Waals surface area contributed by atoms with E-state index >= 15 is 0 Å². The van der Waals surface area contributed by atoms with E-state index in [1.54, 1.807) is 23.2 Å². The summed E-state index contributed by atoms with van der Waals surface area (Å²) in [6.07, 6.45) is 4.77. The predicted octanol–water partition coefficient (Wildman–Crippen LogP) is 3.42. The van der Waals surface area contributed by atoms with Gasteiger partial charge < -0.3 is 19.4 Å². The van der Waals surface area contributed by atoms with Crippen molar-refractivity contribution < 1.29 is 18.7 Å². The van der Waals surface area contributed by atoms with Crippen LogP contribution >= 0.6 is 0 Å². The van der Waals surface area contributed by atoms with Gasteiger partial charge in [-0.3, -0.25) is 14.6 Å². The lowest BCUT2D eigenvalue weighted by Gasteiger charge is -2.31. The summed E-state index contributed by atoms with van der Waals surface area (Å²) < 4.78 is 11.0. The largest absolute Gasteiger partial charge is 0.487 e. The second kappa shape index (κ2) is 9.93. The topological polar surface area (TPSA) is 84.7 Å². The van der Waals surface area contributed by atoms with Gasteiger partial charge in [-0.15, -0.1) is 0 Å². The van der Waals surface area contributed by atoms with Gasteiger partial charge in [0.25, 0.3) is 5.91 Å². The Morgan fingerprint density at radius 3 is 2.90 bits per heavy atom. The third-order valence-electron chi connectivity index (χ3n) is 5.29. The van der Waals surface area contributed by atoms with Crippen LogP contribution in [-0.4, -0.2) is 34.8 Å². The quantitative estimate of drug-likeness (QED) is 0.634. The molecule has 4 rings (SSSR count). The van der Waals surface area contributed by atoms with E-state index in [4.69, 9.17) is 9.15 Å². The number of benzene rings is 1. The van der Waals surface area contributed by atoms with E-state index in [1.807, 2.05) is 42.5 Å². The first kappa shape index (κ1) is 20.7. The molecule has 2 amide bonds. The summed E-state index contributed by atoms with van der Waals surface area (Å²) in [6, 6.07) is 16.7. The lowest BCUT2D eigenvalue weighted by molar-refractivity contribution is -0.126. The van der Waals surface area contributed by atoms with Gasteiger partial charge in [0.2, 0.25) is 5.91 Å². The maximum atomic E-state index is 12.7. The average Bonchev–Trinajstić information content (AvgIpc) is 3.37. The normalized spacial score (nSPS) is 16.0. The molecule has 1 atom stereocenters. The average molecular weight is 419 g/mol. The van der Waals surface area contributed by atoms with Crippen LogP contribution in [0.1, 0.15) is 34.7 Å². The molecule has 31 heavy (non-hydrogen) atoms. The SMILES string of the molecule is O=C(NCc1cccc(OCc2ccccn2)c1)C1CCCN(C(=O)c2ccco2)C1. The Labute approximate surface area is 181 Å². The molecule has 0 radical (unpaired) electrons. The molecule has 0 aliphatic carbocycles. The number of carbonyl (C=O) groups is 2. The van der Waals surface area contributed by atoms with E-state index in [9.17, 15) is 9.59 Å². The monoisotopic (exact) mass is 419 g/mol. The van der Waals surface area contributed by atoms with Gasteiger partial charge in [0.15, 0.2) is 5.76 Å². The molecule has 3 heterocycles. The van der Waals surface area contributed by atoms with Crippen LogP contribution in [-0.2, 0) is 17.9 Å². The summed E-state index contributed by atoms with van der Waals surface area (Å²) in [6.45, 7) is 1.83. The zero-order valence-corrected chi connectivity index (χ0v) is 17.2. The van der Waals surface area contributed by atoms with Crippen molar-refractivity contribution in [3.63, 3.8) is 0 Å². The minimum absolute atomic E-state index is 0.0447. The molecular weight excluding hydrogens is 394 g/mol. The maximum Gasteiger partial charge on any atom is 0.289 e. The number of aromatic nitrogens is 1. The Kier molecular flexibility index (Phi) is 6.62.